The van der Waals surface area contributed by atoms with Gasteiger partial charge in [-0.05, 0) is 18.6 Å². The number of carbonyl (C=O) groups is 1. The molecule has 1 heterocycles. The van der Waals surface area contributed by atoms with Crippen LogP contribution >= 0.6 is 0 Å². The first-order valence-electron chi connectivity index (χ1n) is 5.41. The molecule has 15 heavy (non-hydrogen) atoms. The van der Waals surface area contributed by atoms with E-state index in [1.54, 1.807) is 6.20 Å². The largest absolute Gasteiger partial charge is 0.355 e. The third-order valence-corrected chi connectivity index (χ3v) is 2.47. The van der Waals surface area contributed by atoms with Crippen LogP contribution in [0.25, 0.3) is 0 Å². The first-order chi connectivity index (χ1) is 7.24. The van der Waals surface area contributed by atoms with Gasteiger partial charge in [0.1, 0.15) is 0 Å². The third-order valence-electron chi connectivity index (χ3n) is 2.47. The van der Waals surface area contributed by atoms with Gasteiger partial charge in [-0.3, -0.25) is 9.78 Å². The van der Waals surface area contributed by atoms with E-state index in [9.17, 15) is 4.79 Å². The summed E-state index contributed by atoms with van der Waals surface area (Å²) in [5.74, 6) is 0.238. The van der Waals surface area contributed by atoms with Gasteiger partial charge in [-0.15, -0.1) is 0 Å². The Labute approximate surface area is 90.9 Å². The highest BCUT2D eigenvalue weighted by molar-refractivity contribution is 5.78. The molecular formula is C12H18N2O. The van der Waals surface area contributed by atoms with Crippen molar-refractivity contribution in [2.75, 3.05) is 6.54 Å². The van der Waals surface area contributed by atoms with Crippen LogP contribution in [-0.4, -0.2) is 17.4 Å². The predicted molar refractivity (Wildman–Crippen MR) is 60.4 cm³/mol. The molecule has 82 valence electrons. The number of rotatable bonds is 5. The fraction of sp³-hybridized carbons (Fsp3) is 0.500. The second kappa shape index (κ2) is 6.17. The summed E-state index contributed by atoms with van der Waals surface area (Å²) >= 11 is 0. The number of pyridine rings is 1. The van der Waals surface area contributed by atoms with E-state index in [2.05, 4.69) is 10.3 Å². The molecule has 0 aromatic carbocycles. The fourth-order valence-electron chi connectivity index (χ4n) is 1.22. The number of carbonyl (C=O) groups excluding carboxylic acids is 1. The van der Waals surface area contributed by atoms with Crippen LogP contribution in [0.5, 0.6) is 0 Å². The highest BCUT2D eigenvalue weighted by Crippen LogP contribution is 2.00. The van der Waals surface area contributed by atoms with Crippen LogP contribution in [0, 0.1) is 5.92 Å². The van der Waals surface area contributed by atoms with Gasteiger partial charge >= 0.3 is 0 Å². The van der Waals surface area contributed by atoms with Crippen LogP contribution in [0.4, 0.5) is 0 Å². The minimum atomic E-state index is 0.105. The molecule has 1 aromatic rings. The topological polar surface area (TPSA) is 42.0 Å². The van der Waals surface area contributed by atoms with E-state index in [0.717, 1.165) is 18.5 Å². The number of amides is 1. The third kappa shape index (κ3) is 4.11. The monoisotopic (exact) mass is 206 g/mol. The Balaban J connectivity index is 2.25. The predicted octanol–water partition coefficient (Wildman–Crippen LogP) is 1.79. The second-order valence-electron chi connectivity index (χ2n) is 3.67. The lowest BCUT2D eigenvalue weighted by Gasteiger charge is -2.09. The Morgan fingerprint density at radius 3 is 2.93 bits per heavy atom. The van der Waals surface area contributed by atoms with Crippen molar-refractivity contribution in [3.8, 4) is 0 Å². The summed E-state index contributed by atoms with van der Waals surface area (Å²) in [6, 6.07) is 5.81. The number of nitrogens with one attached hydrogen (secondary N) is 1. The SMILES string of the molecule is CCC(C)C(=O)NCCc1ccccn1. The molecule has 0 radical (unpaired) electrons. The van der Waals surface area contributed by atoms with Gasteiger partial charge in [0.25, 0.3) is 0 Å². The Morgan fingerprint density at radius 1 is 1.53 bits per heavy atom. The van der Waals surface area contributed by atoms with Gasteiger partial charge < -0.3 is 5.32 Å². The molecule has 1 rings (SSSR count). The van der Waals surface area contributed by atoms with Crippen molar-refractivity contribution < 1.29 is 4.79 Å². The highest BCUT2D eigenvalue weighted by Gasteiger charge is 2.08. The minimum absolute atomic E-state index is 0.105. The molecule has 0 aliphatic carbocycles. The second-order valence-corrected chi connectivity index (χ2v) is 3.67. The van der Waals surface area contributed by atoms with Gasteiger partial charge in [-0.25, -0.2) is 0 Å². The first-order valence-corrected chi connectivity index (χ1v) is 5.41. The number of hydrogen-bond donors (Lipinski definition) is 1. The zero-order chi connectivity index (χ0) is 11.1. The normalized spacial score (nSPS) is 12.1. The van der Waals surface area contributed by atoms with Crippen LogP contribution in [0.2, 0.25) is 0 Å². The average Bonchev–Trinajstić information content (AvgIpc) is 2.29. The van der Waals surface area contributed by atoms with Gasteiger partial charge in [0.15, 0.2) is 0 Å². The summed E-state index contributed by atoms with van der Waals surface area (Å²) in [6.45, 7) is 4.62. The van der Waals surface area contributed by atoms with Crippen LogP contribution in [0.15, 0.2) is 24.4 Å². The molecule has 0 spiro atoms. The van der Waals surface area contributed by atoms with Gasteiger partial charge in [-0.1, -0.05) is 19.9 Å². The van der Waals surface area contributed by atoms with Crippen molar-refractivity contribution in [1.82, 2.24) is 10.3 Å². The lowest BCUT2D eigenvalue weighted by atomic mass is 10.1. The molecule has 1 N–H and O–H groups in total. The zero-order valence-corrected chi connectivity index (χ0v) is 9.36. The average molecular weight is 206 g/mol. The van der Waals surface area contributed by atoms with E-state index in [1.165, 1.54) is 0 Å². The maximum absolute atomic E-state index is 11.4. The fourth-order valence-corrected chi connectivity index (χ4v) is 1.22. The summed E-state index contributed by atoms with van der Waals surface area (Å²) in [4.78, 5) is 15.6. The molecule has 0 aliphatic rings. The summed E-state index contributed by atoms with van der Waals surface area (Å²) in [5, 5.41) is 2.90. The maximum Gasteiger partial charge on any atom is 0.222 e. The molecule has 0 saturated heterocycles. The zero-order valence-electron chi connectivity index (χ0n) is 9.36. The van der Waals surface area contributed by atoms with Crippen molar-refractivity contribution in [3.05, 3.63) is 30.1 Å². The molecule has 0 bridgehead atoms. The first kappa shape index (κ1) is 11.7. The molecule has 1 atom stereocenters. The van der Waals surface area contributed by atoms with Gasteiger partial charge in [0.2, 0.25) is 5.91 Å². The van der Waals surface area contributed by atoms with Crippen molar-refractivity contribution in [3.63, 3.8) is 0 Å². The highest BCUT2D eigenvalue weighted by atomic mass is 16.1. The smallest absolute Gasteiger partial charge is 0.222 e. The molecule has 3 nitrogen and oxygen atoms in total. The van der Waals surface area contributed by atoms with Crippen LogP contribution < -0.4 is 5.32 Å². The summed E-state index contributed by atoms with van der Waals surface area (Å²) in [5.41, 5.74) is 1.02. The molecule has 0 fully saturated rings. The summed E-state index contributed by atoms with van der Waals surface area (Å²) < 4.78 is 0. The van der Waals surface area contributed by atoms with E-state index >= 15 is 0 Å². The van der Waals surface area contributed by atoms with Crippen LogP contribution in [-0.2, 0) is 11.2 Å². The Hall–Kier alpha value is -1.38. The number of hydrogen-bond acceptors (Lipinski definition) is 2. The van der Waals surface area contributed by atoms with Gasteiger partial charge in [-0.2, -0.15) is 0 Å². The van der Waals surface area contributed by atoms with E-state index in [4.69, 9.17) is 0 Å². The summed E-state index contributed by atoms with van der Waals surface area (Å²) in [6.07, 6.45) is 3.45. The number of nitrogens with zero attached hydrogens (tertiary/aromatic N) is 1. The molecule has 1 aromatic heterocycles. The molecular weight excluding hydrogens is 188 g/mol. The lowest BCUT2D eigenvalue weighted by Crippen LogP contribution is -2.30. The lowest BCUT2D eigenvalue weighted by molar-refractivity contribution is -0.124. The molecule has 0 aliphatic heterocycles. The standard InChI is InChI=1S/C12H18N2O/c1-3-10(2)12(15)14-9-7-11-6-4-5-8-13-11/h4-6,8,10H,3,7,9H2,1-2H3,(H,14,15). The van der Waals surface area contributed by atoms with Crippen LogP contribution in [0.3, 0.4) is 0 Å². The molecule has 0 saturated carbocycles. The van der Waals surface area contributed by atoms with Crippen molar-refractivity contribution in [2.24, 2.45) is 5.92 Å². The van der Waals surface area contributed by atoms with Crippen LogP contribution in [0.1, 0.15) is 26.0 Å². The minimum Gasteiger partial charge on any atom is -0.355 e. The maximum atomic E-state index is 11.4. The van der Waals surface area contributed by atoms with Gasteiger partial charge in [0.05, 0.1) is 0 Å². The van der Waals surface area contributed by atoms with E-state index < -0.39 is 0 Å². The molecule has 3 heteroatoms. The van der Waals surface area contributed by atoms with Crippen molar-refractivity contribution in [2.45, 2.75) is 26.7 Å². The molecule has 1 amide bonds. The summed E-state index contributed by atoms with van der Waals surface area (Å²) in [7, 11) is 0. The molecule has 1 unspecified atom stereocenters. The van der Waals surface area contributed by atoms with Crippen molar-refractivity contribution >= 4 is 5.91 Å². The van der Waals surface area contributed by atoms with E-state index in [-0.39, 0.29) is 11.8 Å². The number of aromatic nitrogens is 1. The Bertz CT molecular complexity index is 298. The Kier molecular flexibility index (Phi) is 4.81. The van der Waals surface area contributed by atoms with Crippen molar-refractivity contribution in [1.29, 1.82) is 0 Å². The Morgan fingerprint density at radius 2 is 2.33 bits per heavy atom. The van der Waals surface area contributed by atoms with Gasteiger partial charge in [0, 0.05) is 30.8 Å². The van der Waals surface area contributed by atoms with E-state index in [0.29, 0.717) is 6.54 Å². The quantitative estimate of drug-likeness (QED) is 0.798. The van der Waals surface area contributed by atoms with E-state index in [1.807, 2.05) is 32.0 Å².